The Balaban J connectivity index is 4.43. The summed E-state index contributed by atoms with van der Waals surface area (Å²) >= 11 is 15.5. The first kappa shape index (κ1) is 34.5. The summed E-state index contributed by atoms with van der Waals surface area (Å²) in [6.07, 6.45) is 20.9. The Morgan fingerprint density at radius 1 is 0.441 bits per heavy atom. The lowest BCUT2D eigenvalue weighted by atomic mass is 10.2. The fourth-order valence-corrected chi connectivity index (χ4v) is 6.56. The van der Waals surface area contributed by atoms with Crippen LogP contribution >= 0.6 is 48.0 Å². The third kappa shape index (κ3) is 20.7. The second kappa shape index (κ2) is 26.5. The second-order valence-electron chi connectivity index (χ2n) is 9.45. The number of unbranched alkanes of at least 4 members (excludes halogenated alkanes) is 12. The zero-order valence-electron chi connectivity index (χ0n) is 23.1. The van der Waals surface area contributed by atoms with Gasteiger partial charge in [-0.1, -0.05) is 153 Å². The van der Waals surface area contributed by atoms with Crippen LogP contribution < -0.4 is 0 Å². The molecule has 0 aromatic heterocycles. The molecule has 0 amide bonds. The second-order valence-corrected chi connectivity index (χ2v) is 12.9. The van der Waals surface area contributed by atoms with Gasteiger partial charge in [-0.3, -0.25) is 0 Å². The first-order valence-electron chi connectivity index (χ1n) is 14.4. The topological polar surface area (TPSA) is 6.48 Å². The van der Waals surface area contributed by atoms with E-state index in [0.717, 1.165) is 46.3 Å². The highest BCUT2D eigenvalue weighted by atomic mass is 32.2. The van der Waals surface area contributed by atoms with E-state index >= 15 is 0 Å². The molecule has 0 unspecified atom stereocenters. The maximum Gasteiger partial charge on any atom is 0.136 e. The maximum absolute atomic E-state index is 5.86. The van der Waals surface area contributed by atoms with Crippen molar-refractivity contribution >= 4 is 56.6 Å². The van der Waals surface area contributed by atoms with Crippen LogP contribution in [-0.2, 0) is 0 Å². The zero-order chi connectivity index (χ0) is 25.3. The minimum atomic E-state index is 1.06. The van der Waals surface area contributed by atoms with Crippen molar-refractivity contribution in [3.8, 4) is 0 Å². The van der Waals surface area contributed by atoms with Crippen LogP contribution in [0.5, 0.6) is 0 Å². The van der Waals surface area contributed by atoms with E-state index in [9.17, 15) is 0 Å². The fraction of sp³-hybridized carbons (Fsp3) is 0.929. The largest absolute Gasteiger partial charge is 0.358 e. The van der Waals surface area contributed by atoms with Crippen LogP contribution in [0.15, 0.2) is 0 Å². The first-order chi connectivity index (χ1) is 16.6. The Labute approximate surface area is 233 Å². The number of nitrogens with zero attached hydrogens (tertiary/aromatic N) is 2. The molecule has 0 radical (unpaired) electrons. The zero-order valence-corrected chi connectivity index (χ0v) is 26.3. The number of rotatable bonds is 23. The Bertz CT molecular complexity index is 407. The van der Waals surface area contributed by atoms with Crippen molar-refractivity contribution in [2.24, 2.45) is 0 Å². The minimum absolute atomic E-state index is 1.06. The lowest BCUT2D eigenvalue weighted by molar-refractivity contribution is 0.398. The van der Waals surface area contributed by atoms with Crippen molar-refractivity contribution in [3.05, 3.63) is 0 Å². The summed E-state index contributed by atoms with van der Waals surface area (Å²) < 4.78 is 2.21. The summed E-state index contributed by atoms with van der Waals surface area (Å²) in [6.45, 7) is 13.6. The maximum atomic E-state index is 5.86. The van der Waals surface area contributed by atoms with Crippen molar-refractivity contribution in [3.63, 3.8) is 0 Å². The highest BCUT2D eigenvalue weighted by molar-refractivity contribution is 8.25. The predicted octanol–water partition coefficient (Wildman–Crippen LogP) is 9.95. The Kier molecular flexibility index (Phi) is 26.9. The summed E-state index contributed by atoms with van der Waals surface area (Å²) in [5.74, 6) is 2.12. The molecule has 0 aromatic rings. The average molecular weight is 549 g/mol. The summed E-state index contributed by atoms with van der Waals surface area (Å²) in [4.78, 5) is 4.98. The van der Waals surface area contributed by atoms with Crippen LogP contribution in [0.4, 0.5) is 0 Å². The molecule has 0 fully saturated rings. The molecule has 202 valence electrons. The molecule has 0 saturated carbocycles. The van der Waals surface area contributed by atoms with Gasteiger partial charge in [-0.15, -0.1) is 0 Å². The van der Waals surface area contributed by atoms with Crippen molar-refractivity contribution in [2.45, 2.75) is 130 Å². The molecule has 0 heterocycles. The van der Waals surface area contributed by atoms with E-state index in [1.54, 1.807) is 0 Å². The van der Waals surface area contributed by atoms with E-state index in [2.05, 4.69) is 37.5 Å². The van der Waals surface area contributed by atoms with Crippen LogP contribution in [0.1, 0.15) is 130 Å². The first-order valence-corrected chi connectivity index (χ1v) is 17.2. The molecule has 0 aliphatic rings. The van der Waals surface area contributed by atoms with Crippen LogP contribution in [0.2, 0.25) is 0 Å². The SMILES string of the molecule is CCCCCCN(CCCCCC)C(=S)SCCSC(=S)N(CCCCCC)CCCCCC. The van der Waals surface area contributed by atoms with Crippen molar-refractivity contribution in [1.29, 1.82) is 0 Å². The number of hydrogen-bond donors (Lipinski definition) is 0. The summed E-state index contributed by atoms with van der Waals surface area (Å²) in [5, 5.41) is 0. The van der Waals surface area contributed by atoms with E-state index < -0.39 is 0 Å². The molecule has 0 bridgehead atoms. The predicted molar refractivity (Wildman–Crippen MR) is 170 cm³/mol. The summed E-state index contributed by atoms with van der Waals surface area (Å²) in [5.41, 5.74) is 0. The molecule has 0 spiro atoms. The van der Waals surface area contributed by atoms with Gasteiger partial charge in [0, 0.05) is 37.7 Å². The molecule has 0 saturated heterocycles. The Morgan fingerprint density at radius 3 is 0.941 bits per heavy atom. The molecule has 34 heavy (non-hydrogen) atoms. The molecule has 0 N–H and O–H groups in total. The quantitative estimate of drug-likeness (QED) is 0.0919. The molecule has 2 nitrogen and oxygen atoms in total. The standard InChI is InChI=1S/C28H56N2S4/c1-5-9-13-17-21-29(22-18-14-10-6-2)27(31)33-25-26-34-28(32)30(23-19-15-11-7-3)24-20-16-12-8-4/h5-26H2,1-4H3. The number of thioether (sulfide) groups is 2. The molecule has 0 atom stereocenters. The van der Waals surface area contributed by atoms with E-state index in [4.69, 9.17) is 24.4 Å². The van der Waals surface area contributed by atoms with Crippen molar-refractivity contribution < 1.29 is 0 Å². The number of thiocarbonyl (C=S) groups is 2. The Hall–Kier alpha value is 0.480. The fourth-order valence-electron chi connectivity index (χ4n) is 3.95. The van der Waals surface area contributed by atoms with Crippen LogP contribution in [0.3, 0.4) is 0 Å². The summed E-state index contributed by atoms with van der Waals surface area (Å²) in [6, 6.07) is 0. The van der Waals surface area contributed by atoms with E-state index in [1.165, 1.54) is 103 Å². The van der Waals surface area contributed by atoms with Gasteiger partial charge in [-0.05, 0) is 25.7 Å². The van der Waals surface area contributed by atoms with Gasteiger partial charge < -0.3 is 9.80 Å². The molecular weight excluding hydrogens is 493 g/mol. The molecule has 0 aromatic carbocycles. The van der Waals surface area contributed by atoms with Gasteiger partial charge in [0.05, 0.1) is 0 Å². The lowest BCUT2D eigenvalue weighted by Crippen LogP contribution is -2.31. The van der Waals surface area contributed by atoms with Crippen molar-refractivity contribution in [2.75, 3.05) is 37.7 Å². The van der Waals surface area contributed by atoms with Crippen LogP contribution in [-0.4, -0.2) is 56.1 Å². The van der Waals surface area contributed by atoms with Gasteiger partial charge in [0.25, 0.3) is 0 Å². The average Bonchev–Trinajstić information content (AvgIpc) is 2.84. The van der Waals surface area contributed by atoms with Crippen LogP contribution in [0.25, 0.3) is 0 Å². The van der Waals surface area contributed by atoms with Gasteiger partial charge in [0.15, 0.2) is 0 Å². The third-order valence-electron chi connectivity index (χ3n) is 6.18. The highest BCUT2D eigenvalue weighted by Gasteiger charge is 2.12. The molecule has 0 aliphatic carbocycles. The molecule has 0 rings (SSSR count). The minimum Gasteiger partial charge on any atom is -0.358 e. The number of hydrogen-bond acceptors (Lipinski definition) is 4. The third-order valence-corrected chi connectivity index (χ3v) is 9.49. The lowest BCUT2D eigenvalue weighted by Gasteiger charge is -2.26. The van der Waals surface area contributed by atoms with E-state index in [1.807, 2.05) is 23.5 Å². The smallest absolute Gasteiger partial charge is 0.136 e. The Morgan fingerprint density at radius 2 is 0.706 bits per heavy atom. The van der Waals surface area contributed by atoms with Gasteiger partial charge in [0.1, 0.15) is 8.64 Å². The van der Waals surface area contributed by atoms with Gasteiger partial charge in [0.2, 0.25) is 0 Å². The monoisotopic (exact) mass is 548 g/mol. The van der Waals surface area contributed by atoms with Crippen LogP contribution in [0, 0.1) is 0 Å². The summed E-state index contributed by atoms with van der Waals surface area (Å²) in [7, 11) is 0. The molecular formula is C28H56N2S4. The normalized spacial score (nSPS) is 11.1. The van der Waals surface area contributed by atoms with Gasteiger partial charge in [-0.25, -0.2) is 0 Å². The van der Waals surface area contributed by atoms with Gasteiger partial charge >= 0.3 is 0 Å². The molecule has 0 aliphatic heterocycles. The highest BCUT2D eigenvalue weighted by Crippen LogP contribution is 2.18. The van der Waals surface area contributed by atoms with E-state index in [0.29, 0.717) is 0 Å². The molecule has 6 heteroatoms. The van der Waals surface area contributed by atoms with Crippen molar-refractivity contribution in [1.82, 2.24) is 9.80 Å². The van der Waals surface area contributed by atoms with Gasteiger partial charge in [-0.2, -0.15) is 0 Å². The van der Waals surface area contributed by atoms with E-state index in [-0.39, 0.29) is 0 Å².